The average Bonchev–Trinajstić information content (AvgIpc) is 2.40. The highest BCUT2D eigenvalue weighted by Crippen LogP contribution is 2.20. The Hall–Kier alpha value is -1.11. The maximum Gasteiger partial charge on any atom is 0.338 e. The number of carbonyl (C=O) groups is 1. The fraction of sp³-hybridized carbons (Fsp3) is 0.462. The molecular formula is C13H18BrNO4. The Balaban J connectivity index is 2.22. The molecule has 0 aliphatic rings. The minimum atomic E-state index is -0.379. The number of hydrogen-bond acceptors (Lipinski definition) is 5. The van der Waals surface area contributed by atoms with E-state index in [-0.39, 0.29) is 5.97 Å². The van der Waals surface area contributed by atoms with Crippen molar-refractivity contribution in [2.24, 2.45) is 0 Å². The molecule has 19 heavy (non-hydrogen) atoms. The molecule has 0 radical (unpaired) electrons. The minimum Gasteiger partial charge on any atom is -0.462 e. The van der Waals surface area contributed by atoms with Crippen molar-refractivity contribution in [3.8, 4) is 0 Å². The average molecular weight is 332 g/mol. The van der Waals surface area contributed by atoms with Gasteiger partial charge in [-0.3, -0.25) is 0 Å². The molecule has 1 aromatic rings. The number of nitrogens with two attached hydrogens (primary N) is 1. The summed E-state index contributed by atoms with van der Waals surface area (Å²) in [7, 11) is 1.62. The normalized spacial score (nSPS) is 10.4. The standard InChI is InChI=1S/C13H18BrNO4/c1-17-7-8-18-5-2-6-19-13(16)10-3-4-11(14)12(15)9-10/h3-4,9H,2,5-8,15H2,1H3. The molecule has 1 rings (SSSR count). The summed E-state index contributed by atoms with van der Waals surface area (Å²) in [6, 6.07) is 4.97. The van der Waals surface area contributed by atoms with Gasteiger partial charge in [-0.2, -0.15) is 0 Å². The SMILES string of the molecule is COCCOCCCOC(=O)c1ccc(Br)c(N)c1. The van der Waals surface area contributed by atoms with Gasteiger partial charge >= 0.3 is 5.97 Å². The van der Waals surface area contributed by atoms with E-state index in [4.69, 9.17) is 19.9 Å². The summed E-state index contributed by atoms with van der Waals surface area (Å²) in [4.78, 5) is 11.7. The molecule has 0 aromatic heterocycles. The fourth-order valence-electron chi connectivity index (χ4n) is 1.32. The lowest BCUT2D eigenvalue weighted by molar-refractivity contribution is 0.0385. The van der Waals surface area contributed by atoms with Crippen LogP contribution in [0.5, 0.6) is 0 Å². The molecule has 0 aliphatic heterocycles. The molecule has 5 nitrogen and oxygen atoms in total. The predicted octanol–water partition coefficient (Wildman–Crippen LogP) is 2.24. The van der Waals surface area contributed by atoms with Crippen LogP contribution >= 0.6 is 15.9 Å². The summed E-state index contributed by atoms with van der Waals surface area (Å²) in [5.41, 5.74) is 6.65. The van der Waals surface area contributed by atoms with Gasteiger partial charge in [0.05, 0.1) is 25.4 Å². The first kappa shape index (κ1) is 15.9. The van der Waals surface area contributed by atoms with E-state index in [1.165, 1.54) is 0 Å². The van der Waals surface area contributed by atoms with Crippen LogP contribution in [0.25, 0.3) is 0 Å². The molecule has 106 valence electrons. The minimum absolute atomic E-state index is 0.321. The van der Waals surface area contributed by atoms with Crippen LogP contribution < -0.4 is 5.73 Å². The lowest BCUT2D eigenvalue weighted by atomic mass is 10.2. The number of nitrogen functional groups attached to an aromatic ring is 1. The van der Waals surface area contributed by atoms with Crippen LogP contribution in [0.4, 0.5) is 5.69 Å². The smallest absolute Gasteiger partial charge is 0.338 e. The van der Waals surface area contributed by atoms with Gasteiger partial charge in [-0.25, -0.2) is 4.79 Å². The van der Waals surface area contributed by atoms with E-state index in [0.29, 0.717) is 44.1 Å². The quantitative estimate of drug-likeness (QED) is 0.449. The Morgan fingerprint density at radius 2 is 2.05 bits per heavy atom. The summed E-state index contributed by atoms with van der Waals surface area (Å²) < 4.78 is 16.0. The zero-order valence-electron chi connectivity index (χ0n) is 10.9. The zero-order chi connectivity index (χ0) is 14.1. The lowest BCUT2D eigenvalue weighted by Crippen LogP contribution is -2.10. The molecule has 0 amide bonds. The van der Waals surface area contributed by atoms with Crippen molar-refractivity contribution in [3.05, 3.63) is 28.2 Å². The molecule has 6 heteroatoms. The first-order valence-electron chi connectivity index (χ1n) is 5.94. The molecule has 0 fully saturated rings. The Kier molecular flexibility index (Phi) is 7.47. The largest absolute Gasteiger partial charge is 0.462 e. The van der Waals surface area contributed by atoms with Crippen LogP contribution in [0.2, 0.25) is 0 Å². The van der Waals surface area contributed by atoms with Crippen LogP contribution in [0.15, 0.2) is 22.7 Å². The Morgan fingerprint density at radius 1 is 1.26 bits per heavy atom. The third-order valence-electron chi connectivity index (χ3n) is 2.33. The van der Waals surface area contributed by atoms with Crippen molar-refractivity contribution in [2.45, 2.75) is 6.42 Å². The molecule has 0 atom stereocenters. The van der Waals surface area contributed by atoms with Gasteiger partial charge < -0.3 is 19.9 Å². The number of esters is 1. The second kappa shape index (κ2) is 8.90. The van der Waals surface area contributed by atoms with Crippen LogP contribution in [0, 0.1) is 0 Å². The van der Waals surface area contributed by atoms with Crippen molar-refractivity contribution in [2.75, 3.05) is 39.3 Å². The van der Waals surface area contributed by atoms with Crippen LogP contribution in [-0.4, -0.2) is 39.5 Å². The predicted molar refractivity (Wildman–Crippen MR) is 76.1 cm³/mol. The maximum atomic E-state index is 11.7. The van der Waals surface area contributed by atoms with Crippen LogP contribution in [0.3, 0.4) is 0 Å². The molecule has 0 bridgehead atoms. The fourth-order valence-corrected chi connectivity index (χ4v) is 1.57. The van der Waals surface area contributed by atoms with Gasteiger partial charge in [0.1, 0.15) is 0 Å². The summed E-state index contributed by atoms with van der Waals surface area (Å²) in [5, 5.41) is 0. The number of methoxy groups -OCH3 is 1. The summed E-state index contributed by atoms with van der Waals surface area (Å²) >= 11 is 3.27. The number of halogens is 1. The monoisotopic (exact) mass is 331 g/mol. The van der Waals surface area contributed by atoms with Gasteiger partial charge in [-0.05, 0) is 34.1 Å². The third-order valence-corrected chi connectivity index (χ3v) is 3.05. The van der Waals surface area contributed by atoms with Gasteiger partial charge in [0.15, 0.2) is 0 Å². The molecule has 0 heterocycles. The van der Waals surface area contributed by atoms with Gasteiger partial charge in [0, 0.05) is 30.3 Å². The van der Waals surface area contributed by atoms with Crippen molar-refractivity contribution < 1.29 is 19.0 Å². The molecule has 0 unspecified atom stereocenters. The topological polar surface area (TPSA) is 70.8 Å². The van der Waals surface area contributed by atoms with E-state index < -0.39 is 0 Å². The highest BCUT2D eigenvalue weighted by Gasteiger charge is 2.08. The Morgan fingerprint density at radius 3 is 2.74 bits per heavy atom. The third kappa shape index (κ3) is 6.04. The van der Waals surface area contributed by atoms with E-state index in [2.05, 4.69) is 15.9 Å². The van der Waals surface area contributed by atoms with E-state index in [1.807, 2.05) is 0 Å². The Bertz CT molecular complexity index is 412. The van der Waals surface area contributed by atoms with Crippen molar-refractivity contribution in [1.29, 1.82) is 0 Å². The van der Waals surface area contributed by atoms with E-state index >= 15 is 0 Å². The number of rotatable bonds is 8. The number of anilines is 1. The molecule has 0 saturated heterocycles. The summed E-state index contributed by atoms with van der Waals surface area (Å²) in [5.74, 6) is -0.379. The number of carbonyl (C=O) groups excluding carboxylic acids is 1. The van der Waals surface area contributed by atoms with E-state index in [0.717, 1.165) is 4.47 Å². The lowest BCUT2D eigenvalue weighted by Gasteiger charge is -2.07. The highest BCUT2D eigenvalue weighted by molar-refractivity contribution is 9.10. The number of ether oxygens (including phenoxy) is 3. The van der Waals surface area contributed by atoms with E-state index in [9.17, 15) is 4.79 Å². The molecule has 0 aliphatic carbocycles. The molecule has 0 spiro atoms. The number of hydrogen-bond donors (Lipinski definition) is 1. The molecule has 2 N–H and O–H groups in total. The van der Waals surface area contributed by atoms with Crippen molar-refractivity contribution in [1.82, 2.24) is 0 Å². The first-order valence-corrected chi connectivity index (χ1v) is 6.73. The second-order valence-corrected chi connectivity index (χ2v) is 4.69. The van der Waals surface area contributed by atoms with Gasteiger partial charge in [-0.1, -0.05) is 0 Å². The van der Waals surface area contributed by atoms with E-state index in [1.54, 1.807) is 25.3 Å². The molecule has 1 aromatic carbocycles. The summed E-state index contributed by atoms with van der Waals surface area (Å²) in [6.45, 7) is 1.98. The first-order chi connectivity index (χ1) is 9.15. The zero-order valence-corrected chi connectivity index (χ0v) is 12.4. The second-order valence-electron chi connectivity index (χ2n) is 3.83. The van der Waals surface area contributed by atoms with Crippen molar-refractivity contribution >= 4 is 27.6 Å². The van der Waals surface area contributed by atoms with Crippen LogP contribution in [-0.2, 0) is 14.2 Å². The van der Waals surface area contributed by atoms with Crippen molar-refractivity contribution in [3.63, 3.8) is 0 Å². The highest BCUT2D eigenvalue weighted by atomic mass is 79.9. The molecular weight excluding hydrogens is 314 g/mol. The van der Waals surface area contributed by atoms with Gasteiger partial charge in [0.25, 0.3) is 0 Å². The molecule has 0 saturated carbocycles. The number of benzene rings is 1. The van der Waals surface area contributed by atoms with Gasteiger partial charge in [0.2, 0.25) is 0 Å². The summed E-state index contributed by atoms with van der Waals surface area (Å²) in [6.07, 6.45) is 0.654. The maximum absolute atomic E-state index is 11.7. The van der Waals surface area contributed by atoms with Gasteiger partial charge in [-0.15, -0.1) is 0 Å². The Labute approximate surface area is 121 Å². The van der Waals surface area contributed by atoms with Crippen LogP contribution in [0.1, 0.15) is 16.8 Å².